The molecule has 1 unspecified atom stereocenters. The lowest BCUT2D eigenvalue weighted by molar-refractivity contribution is -0.116. The van der Waals surface area contributed by atoms with E-state index >= 15 is 0 Å². The Morgan fingerprint density at radius 1 is 1.00 bits per heavy atom. The van der Waals surface area contributed by atoms with Gasteiger partial charge in [0.1, 0.15) is 17.3 Å². The fraction of sp³-hybridized carbons (Fsp3) is 0.240. The highest BCUT2D eigenvalue weighted by molar-refractivity contribution is 5.91. The average molecular weight is 446 g/mol. The highest BCUT2D eigenvalue weighted by atomic mass is 16.5. The molecule has 4 N–H and O–H groups in total. The second kappa shape index (κ2) is 10.5. The summed E-state index contributed by atoms with van der Waals surface area (Å²) in [7, 11) is 0. The normalized spacial score (nSPS) is 13.9. The van der Waals surface area contributed by atoms with E-state index in [1.165, 1.54) is 12.8 Å². The molecule has 2 heterocycles. The molecule has 33 heavy (non-hydrogen) atoms. The topological polar surface area (TPSA) is 110 Å². The molecule has 0 bridgehead atoms. The zero-order valence-corrected chi connectivity index (χ0v) is 18.2. The van der Waals surface area contributed by atoms with E-state index in [0.29, 0.717) is 22.7 Å². The molecule has 1 saturated heterocycles. The molecule has 3 aromatic rings. The number of ether oxygens (including phenoxy) is 1. The maximum absolute atomic E-state index is 12.7. The van der Waals surface area contributed by atoms with Gasteiger partial charge in [0.25, 0.3) is 0 Å². The number of carbonyl (C=O) groups is 2. The smallest absolute Gasteiger partial charge is 0.312 e. The molecule has 0 spiro atoms. The Labute approximate surface area is 192 Å². The van der Waals surface area contributed by atoms with Gasteiger partial charge in [-0.1, -0.05) is 30.3 Å². The van der Waals surface area contributed by atoms with E-state index in [1.54, 1.807) is 12.3 Å². The zero-order chi connectivity index (χ0) is 23.0. The number of nitrogens with two attached hydrogens (primary N) is 1. The number of amides is 3. The fourth-order valence-corrected chi connectivity index (χ4v) is 3.83. The fourth-order valence-electron chi connectivity index (χ4n) is 3.83. The van der Waals surface area contributed by atoms with Crippen molar-refractivity contribution in [1.82, 2.24) is 10.3 Å². The van der Waals surface area contributed by atoms with Gasteiger partial charge in [0.15, 0.2) is 0 Å². The van der Waals surface area contributed by atoms with E-state index in [4.69, 9.17) is 10.5 Å². The molecule has 1 aliphatic rings. The van der Waals surface area contributed by atoms with Gasteiger partial charge in [0.2, 0.25) is 5.91 Å². The van der Waals surface area contributed by atoms with Crippen molar-refractivity contribution in [1.29, 1.82) is 0 Å². The summed E-state index contributed by atoms with van der Waals surface area (Å²) in [5.74, 6) is 1.93. The first-order valence-electron chi connectivity index (χ1n) is 11.0. The van der Waals surface area contributed by atoms with Gasteiger partial charge in [-0.3, -0.25) is 4.79 Å². The minimum absolute atomic E-state index is 0.00556. The molecule has 3 amide bonds. The summed E-state index contributed by atoms with van der Waals surface area (Å²) in [4.78, 5) is 31.0. The van der Waals surface area contributed by atoms with Gasteiger partial charge in [-0.15, -0.1) is 0 Å². The molecule has 8 heteroatoms. The zero-order valence-electron chi connectivity index (χ0n) is 18.2. The maximum atomic E-state index is 12.7. The number of primary amides is 1. The van der Waals surface area contributed by atoms with Crippen molar-refractivity contribution in [2.45, 2.75) is 25.3 Å². The summed E-state index contributed by atoms with van der Waals surface area (Å²) in [6.45, 7) is 2.01. The number of benzene rings is 2. The Hall–Kier alpha value is -4.07. The molecule has 170 valence electrons. The van der Waals surface area contributed by atoms with Crippen LogP contribution in [-0.2, 0) is 4.79 Å². The van der Waals surface area contributed by atoms with Crippen LogP contribution in [0.15, 0.2) is 72.9 Å². The summed E-state index contributed by atoms with van der Waals surface area (Å²) >= 11 is 0. The minimum atomic E-state index is -0.709. The third kappa shape index (κ3) is 6.22. The lowest BCUT2D eigenvalue weighted by Gasteiger charge is -2.19. The molecule has 8 nitrogen and oxygen atoms in total. The Balaban J connectivity index is 1.42. The van der Waals surface area contributed by atoms with Crippen molar-refractivity contribution in [3.8, 4) is 11.5 Å². The Morgan fingerprint density at radius 3 is 2.45 bits per heavy atom. The van der Waals surface area contributed by atoms with Crippen LogP contribution < -0.4 is 26.0 Å². The number of nitrogens with zero attached hydrogens (tertiary/aromatic N) is 2. The highest BCUT2D eigenvalue weighted by Crippen LogP contribution is 2.26. The first-order chi connectivity index (χ1) is 16.1. The second-order valence-corrected chi connectivity index (χ2v) is 7.90. The Morgan fingerprint density at radius 2 is 1.76 bits per heavy atom. The maximum Gasteiger partial charge on any atom is 0.312 e. The number of urea groups is 1. The molecule has 1 aliphatic heterocycles. The van der Waals surface area contributed by atoms with Crippen LogP contribution in [0.25, 0.3) is 0 Å². The molecule has 0 aliphatic carbocycles. The number of hydrogen-bond acceptors (Lipinski definition) is 5. The van der Waals surface area contributed by atoms with Crippen molar-refractivity contribution in [3.63, 3.8) is 0 Å². The molecular weight excluding hydrogens is 418 g/mol. The number of anilines is 2. The molecule has 0 saturated carbocycles. The first kappa shape index (κ1) is 22.1. The van der Waals surface area contributed by atoms with Gasteiger partial charge in [0, 0.05) is 13.1 Å². The summed E-state index contributed by atoms with van der Waals surface area (Å²) in [5.41, 5.74) is 6.68. The number of rotatable bonds is 8. The number of carbonyl (C=O) groups excluding carboxylic acids is 2. The monoisotopic (exact) mass is 445 g/mol. The van der Waals surface area contributed by atoms with Crippen molar-refractivity contribution in [3.05, 3.63) is 78.5 Å². The van der Waals surface area contributed by atoms with Gasteiger partial charge in [-0.25, -0.2) is 9.78 Å². The molecule has 1 fully saturated rings. The van der Waals surface area contributed by atoms with Crippen LogP contribution >= 0.6 is 0 Å². The van der Waals surface area contributed by atoms with Crippen molar-refractivity contribution >= 4 is 23.4 Å². The van der Waals surface area contributed by atoms with Crippen molar-refractivity contribution in [2.24, 2.45) is 5.73 Å². The number of para-hydroxylation sites is 1. The van der Waals surface area contributed by atoms with Gasteiger partial charge in [-0.05, 0) is 54.8 Å². The predicted octanol–water partition coefficient (Wildman–Crippen LogP) is 4.21. The quantitative estimate of drug-likeness (QED) is 0.481. The number of nitrogens with one attached hydrogen (secondary N) is 2. The molecule has 1 atom stereocenters. The van der Waals surface area contributed by atoms with E-state index in [9.17, 15) is 9.59 Å². The molecule has 1 aromatic heterocycles. The van der Waals surface area contributed by atoms with Gasteiger partial charge >= 0.3 is 6.03 Å². The third-order valence-corrected chi connectivity index (χ3v) is 5.41. The van der Waals surface area contributed by atoms with Crippen LogP contribution in [0.4, 0.5) is 16.3 Å². The van der Waals surface area contributed by atoms with E-state index in [2.05, 4.69) is 20.5 Å². The lowest BCUT2D eigenvalue weighted by atomic mass is 10.0. The molecule has 0 radical (unpaired) electrons. The largest absolute Gasteiger partial charge is 0.457 e. The highest BCUT2D eigenvalue weighted by Gasteiger charge is 2.19. The van der Waals surface area contributed by atoms with Crippen LogP contribution in [0.5, 0.6) is 11.5 Å². The Kier molecular flexibility index (Phi) is 7.04. The number of aromatic nitrogens is 1. The van der Waals surface area contributed by atoms with Crippen LogP contribution in [0.1, 0.15) is 30.9 Å². The van der Waals surface area contributed by atoms with Gasteiger partial charge in [0.05, 0.1) is 24.3 Å². The van der Waals surface area contributed by atoms with Crippen molar-refractivity contribution in [2.75, 3.05) is 23.3 Å². The van der Waals surface area contributed by atoms with Crippen LogP contribution in [0.3, 0.4) is 0 Å². The summed E-state index contributed by atoms with van der Waals surface area (Å²) in [6, 6.07) is 19.0. The summed E-state index contributed by atoms with van der Waals surface area (Å²) in [5, 5.41) is 5.49. The average Bonchev–Trinajstić information content (AvgIpc) is 3.35. The van der Waals surface area contributed by atoms with E-state index in [-0.39, 0.29) is 12.3 Å². The lowest BCUT2D eigenvalue weighted by Crippen LogP contribution is -2.35. The standard InChI is InChI=1S/C25H27N5O3/c26-25(32)29-22(18-7-6-10-21(15-18)33-20-8-2-1-3-9-20)16-24(31)28-19-11-12-23(27-17-19)30-13-4-5-14-30/h1-3,6-12,15,17,22H,4-5,13-14,16H2,(H,28,31)(H3,26,29,32). The second-order valence-electron chi connectivity index (χ2n) is 7.90. The SMILES string of the molecule is NC(=O)NC(CC(=O)Nc1ccc(N2CCCC2)nc1)c1cccc(Oc2ccccc2)c1. The van der Waals surface area contributed by atoms with E-state index in [0.717, 1.165) is 18.9 Å². The Bertz CT molecular complexity index is 1080. The van der Waals surface area contributed by atoms with Gasteiger partial charge in [-0.2, -0.15) is 0 Å². The first-order valence-corrected chi connectivity index (χ1v) is 11.0. The molecule has 2 aromatic carbocycles. The van der Waals surface area contributed by atoms with Crippen LogP contribution in [-0.4, -0.2) is 30.0 Å². The molecular formula is C25H27N5O3. The van der Waals surface area contributed by atoms with Crippen LogP contribution in [0.2, 0.25) is 0 Å². The van der Waals surface area contributed by atoms with E-state index in [1.807, 2.05) is 60.7 Å². The number of pyridine rings is 1. The number of hydrogen-bond donors (Lipinski definition) is 3. The summed E-state index contributed by atoms with van der Waals surface area (Å²) in [6.07, 6.45) is 4.00. The van der Waals surface area contributed by atoms with E-state index < -0.39 is 12.1 Å². The third-order valence-electron chi connectivity index (χ3n) is 5.41. The summed E-state index contributed by atoms with van der Waals surface area (Å²) < 4.78 is 5.87. The van der Waals surface area contributed by atoms with Gasteiger partial charge < -0.3 is 26.0 Å². The minimum Gasteiger partial charge on any atom is -0.457 e. The van der Waals surface area contributed by atoms with Crippen LogP contribution in [0, 0.1) is 0 Å². The molecule has 4 rings (SSSR count). The predicted molar refractivity (Wildman–Crippen MR) is 127 cm³/mol. The van der Waals surface area contributed by atoms with Crippen molar-refractivity contribution < 1.29 is 14.3 Å².